The van der Waals surface area contributed by atoms with Gasteiger partial charge in [0.2, 0.25) is 0 Å². The lowest BCUT2D eigenvalue weighted by molar-refractivity contribution is 0.350. The summed E-state index contributed by atoms with van der Waals surface area (Å²) < 4.78 is 5.11. The second-order valence-electron chi connectivity index (χ2n) is 2.85. The van der Waals surface area contributed by atoms with Crippen molar-refractivity contribution < 1.29 is 9.84 Å². The first-order chi connectivity index (χ1) is 6.31. The summed E-state index contributed by atoms with van der Waals surface area (Å²) in [6.07, 6.45) is 0. The van der Waals surface area contributed by atoms with E-state index in [9.17, 15) is 5.11 Å². The van der Waals surface area contributed by atoms with Crippen molar-refractivity contribution in [1.29, 1.82) is 0 Å². The minimum Gasteiger partial charge on any atom is -0.496 e. The molecule has 0 spiro atoms. The average Bonchev–Trinajstić information content (AvgIpc) is 2.16. The molecule has 0 aliphatic heterocycles. The van der Waals surface area contributed by atoms with Crippen LogP contribution in [0.4, 0.5) is 0 Å². The molecule has 0 bridgehead atoms. The van der Waals surface area contributed by atoms with Gasteiger partial charge in [0.25, 0.3) is 0 Å². The Morgan fingerprint density at radius 1 is 1.15 bits per heavy atom. The van der Waals surface area contributed by atoms with Gasteiger partial charge < -0.3 is 4.74 Å². The highest BCUT2D eigenvalue weighted by molar-refractivity contribution is 5.89. The molecule has 0 heterocycles. The standard InChI is InChI=1S/C11H9O2/c1-13-11-7-9(12)6-8-4-2-3-5-10(8)11/h2-7H,1H3. The van der Waals surface area contributed by atoms with Crippen molar-refractivity contribution in [1.82, 2.24) is 0 Å². The molecule has 0 aromatic heterocycles. The third-order valence-corrected chi connectivity index (χ3v) is 2.02. The molecule has 13 heavy (non-hydrogen) atoms. The smallest absolute Gasteiger partial charge is 0.182 e. The molecule has 0 amide bonds. The molecule has 0 saturated carbocycles. The lowest BCUT2D eigenvalue weighted by atomic mass is 10.1. The number of fused-ring (bicyclic) bond motifs is 1. The zero-order chi connectivity index (χ0) is 9.26. The summed E-state index contributed by atoms with van der Waals surface area (Å²) in [6.45, 7) is 0. The van der Waals surface area contributed by atoms with Crippen LogP contribution in [-0.4, -0.2) is 7.11 Å². The highest BCUT2D eigenvalue weighted by Gasteiger charge is 2.03. The average molecular weight is 173 g/mol. The van der Waals surface area contributed by atoms with E-state index in [0.717, 1.165) is 10.8 Å². The normalized spacial score (nSPS) is 10.2. The predicted octanol–water partition coefficient (Wildman–Crippen LogP) is 2.99. The third-order valence-electron chi connectivity index (χ3n) is 2.02. The van der Waals surface area contributed by atoms with E-state index < -0.39 is 0 Å². The van der Waals surface area contributed by atoms with Crippen molar-refractivity contribution in [2.24, 2.45) is 0 Å². The molecule has 65 valence electrons. The molecular formula is C11H9O2. The Morgan fingerprint density at radius 3 is 2.69 bits per heavy atom. The van der Waals surface area contributed by atoms with Crippen LogP contribution in [0.1, 0.15) is 0 Å². The second-order valence-corrected chi connectivity index (χ2v) is 2.85. The fourth-order valence-electron chi connectivity index (χ4n) is 1.42. The van der Waals surface area contributed by atoms with Crippen LogP contribution in [0.25, 0.3) is 10.8 Å². The molecule has 0 fully saturated rings. The second kappa shape index (κ2) is 2.98. The Bertz CT molecular complexity index is 435. The molecule has 2 rings (SSSR count). The lowest BCUT2D eigenvalue weighted by Crippen LogP contribution is -1.83. The van der Waals surface area contributed by atoms with Gasteiger partial charge in [-0.3, -0.25) is 5.11 Å². The molecule has 0 atom stereocenters. The minimum atomic E-state index is -0.0180. The van der Waals surface area contributed by atoms with Gasteiger partial charge in [0.05, 0.1) is 7.11 Å². The van der Waals surface area contributed by atoms with Gasteiger partial charge in [0, 0.05) is 11.5 Å². The van der Waals surface area contributed by atoms with Crippen LogP contribution in [0.2, 0.25) is 0 Å². The van der Waals surface area contributed by atoms with Crippen LogP contribution in [0.3, 0.4) is 0 Å². The molecule has 1 radical (unpaired) electrons. The SMILES string of the molecule is COc1cc([O])cc2ccccc12. The Balaban J connectivity index is 2.81. The molecule has 0 aliphatic carbocycles. The quantitative estimate of drug-likeness (QED) is 0.651. The Hall–Kier alpha value is -1.70. The highest BCUT2D eigenvalue weighted by atomic mass is 16.5. The first-order valence-corrected chi connectivity index (χ1v) is 4.05. The summed E-state index contributed by atoms with van der Waals surface area (Å²) in [5.41, 5.74) is 0. The van der Waals surface area contributed by atoms with Gasteiger partial charge in [-0.1, -0.05) is 24.3 Å². The summed E-state index contributed by atoms with van der Waals surface area (Å²) in [5.74, 6) is 0.624. The largest absolute Gasteiger partial charge is 0.496 e. The zero-order valence-corrected chi connectivity index (χ0v) is 7.28. The molecule has 2 nitrogen and oxygen atoms in total. The summed E-state index contributed by atoms with van der Waals surface area (Å²) in [6, 6.07) is 10.8. The fraction of sp³-hybridized carbons (Fsp3) is 0.0909. The van der Waals surface area contributed by atoms with E-state index in [-0.39, 0.29) is 5.75 Å². The van der Waals surface area contributed by atoms with Gasteiger partial charge in [-0.15, -0.1) is 0 Å². The molecule has 2 heteroatoms. The van der Waals surface area contributed by atoms with Crippen molar-refractivity contribution in [3.05, 3.63) is 36.4 Å². The topological polar surface area (TPSA) is 29.1 Å². The number of rotatable bonds is 1. The monoisotopic (exact) mass is 173 g/mol. The van der Waals surface area contributed by atoms with Gasteiger partial charge in [0.15, 0.2) is 5.75 Å². The number of methoxy groups -OCH3 is 1. The van der Waals surface area contributed by atoms with Crippen LogP contribution in [0.5, 0.6) is 11.5 Å². The minimum absolute atomic E-state index is 0.0180. The fourth-order valence-corrected chi connectivity index (χ4v) is 1.42. The Labute approximate surface area is 76.4 Å². The van der Waals surface area contributed by atoms with Gasteiger partial charge in [-0.2, -0.15) is 0 Å². The molecule has 0 N–H and O–H groups in total. The number of hydrogen-bond donors (Lipinski definition) is 0. The van der Waals surface area contributed by atoms with Crippen molar-refractivity contribution in [3.63, 3.8) is 0 Å². The Morgan fingerprint density at radius 2 is 1.92 bits per heavy atom. The molecular weight excluding hydrogens is 164 g/mol. The summed E-state index contributed by atoms with van der Waals surface area (Å²) in [7, 11) is 1.57. The van der Waals surface area contributed by atoms with E-state index in [1.807, 2.05) is 24.3 Å². The van der Waals surface area contributed by atoms with Crippen molar-refractivity contribution in [3.8, 4) is 11.5 Å². The molecule has 2 aromatic rings. The van der Waals surface area contributed by atoms with Crippen molar-refractivity contribution in [2.45, 2.75) is 0 Å². The maximum Gasteiger partial charge on any atom is 0.182 e. The molecule has 0 aliphatic rings. The molecule has 0 saturated heterocycles. The zero-order valence-electron chi connectivity index (χ0n) is 7.28. The number of hydrogen-bond acceptors (Lipinski definition) is 1. The summed E-state index contributed by atoms with van der Waals surface area (Å²) >= 11 is 0. The first kappa shape index (κ1) is 7.92. The van der Waals surface area contributed by atoms with E-state index in [1.54, 1.807) is 13.2 Å². The summed E-state index contributed by atoms with van der Waals surface area (Å²) in [4.78, 5) is 0. The van der Waals surface area contributed by atoms with Gasteiger partial charge in [-0.05, 0) is 11.5 Å². The van der Waals surface area contributed by atoms with E-state index in [0.29, 0.717) is 5.75 Å². The maximum absolute atomic E-state index is 11.2. The highest BCUT2D eigenvalue weighted by Crippen LogP contribution is 2.30. The van der Waals surface area contributed by atoms with Gasteiger partial charge in [-0.25, -0.2) is 0 Å². The van der Waals surface area contributed by atoms with Crippen LogP contribution < -0.4 is 4.74 Å². The van der Waals surface area contributed by atoms with Gasteiger partial charge in [0.1, 0.15) is 5.75 Å². The van der Waals surface area contributed by atoms with Crippen LogP contribution >= 0.6 is 0 Å². The maximum atomic E-state index is 11.2. The van der Waals surface area contributed by atoms with Crippen LogP contribution in [-0.2, 0) is 5.11 Å². The van der Waals surface area contributed by atoms with E-state index >= 15 is 0 Å². The molecule has 2 aromatic carbocycles. The summed E-state index contributed by atoms with van der Waals surface area (Å²) in [5, 5.41) is 13.1. The van der Waals surface area contributed by atoms with E-state index in [2.05, 4.69) is 0 Å². The number of ether oxygens (including phenoxy) is 1. The Kier molecular flexibility index (Phi) is 1.81. The van der Waals surface area contributed by atoms with Crippen LogP contribution in [0, 0.1) is 0 Å². The van der Waals surface area contributed by atoms with Crippen LogP contribution in [0.15, 0.2) is 36.4 Å². The lowest BCUT2D eigenvalue weighted by Gasteiger charge is -2.04. The van der Waals surface area contributed by atoms with E-state index in [4.69, 9.17) is 4.74 Å². The number of benzene rings is 2. The van der Waals surface area contributed by atoms with Crippen molar-refractivity contribution >= 4 is 10.8 Å². The van der Waals surface area contributed by atoms with Gasteiger partial charge >= 0.3 is 0 Å². The van der Waals surface area contributed by atoms with Crippen molar-refractivity contribution in [2.75, 3.05) is 7.11 Å². The molecule has 0 unspecified atom stereocenters. The first-order valence-electron chi connectivity index (χ1n) is 4.05. The predicted molar refractivity (Wildman–Crippen MR) is 50.6 cm³/mol. The van der Waals surface area contributed by atoms with E-state index in [1.165, 1.54) is 6.07 Å². The third kappa shape index (κ3) is 1.31.